The lowest BCUT2D eigenvalue weighted by atomic mass is 10.3. The number of hydrogen-bond donors (Lipinski definition) is 2. The first-order valence-electron chi connectivity index (χ1n) is 4.95. The van der Waals surface area contributed by atoms with Crippen molar-refractivity contribution in [3.8, 4) is 5.69 Å². The standard InChI is InChI=1S/C11H6BrClN2O4/c12-5-1-2-7(13)8(3-5)15-4-6(10(17)18)9(16)14-11(15)19/h1-4H,(H,17,18)(H,14,16,19). The molecular formula is C11H6BrClN2O4. The second kappa shape index (κ2) is 5.02. The Morgan fingerprint density at radius 2 is 2.05 bits per heavy atom. The van der Waals surface area contributed by atoms with E-state index in [-0.39, 0.29) is 10.7 Å². The van der Waals surface area contributed by atoms with E-state index in [9.17, 15) is 14.4 Å². The van der Waals surface area contributed by atoms with Crippen molar-refractivity contribution in [2.75, 3.05) is 0 Å². The zero-order chi connectivity index (χ0) is 14.2. The largest absolute Gasteiger partial charge is 0.477 e. The average molecular weight is 346 g/mol. The second-order valence-corrected chi connectivity index (χ2v) is 4.90. The summed E-state index contributed by atoms with van der Waals surface area (Å²) >= 11 is 9.17. The number of hydrogen-bond acceptors (Lipinski definition) is 3. The van der Waals surface area contributed by atoms with Crippen molar-refractivity contribution < 1.29 is 9.90 Å². The molecule has 2 rings (SSSR count). The van der Waals surface area contributed by atoms with E-state index in [4.69, 9.17) is 16.7 Å². The van der Waals surface area contributed by atoms with Gasteiger partial charge in [0.15, 0.2) is 0 Å². The van der Waals surface area contributed by atoms with Crippen LogP contribution in [0.3, 0.4) is 0 Å². The van der Waals surface area contributed by atoms with Crippen LogP contribution < -0.4 is 11.2 Å². The number of carbonyl (C=O) groups is 1. The molecule has 2 aromatic rings. The number of aromatic nitrogens is 2. The summed E-state index contributed by atoms with van der Waals surface area (Å²) in [5.41, 5.74) is -2.01. The Morgan fingerprint density at radius 1 is 1.37 bits per heavy atom. The highest BCUT2D eigenvalue weighted by molar-refractivity contribution is 9.10. The van der Waals surface area contributed by atoms with Crippen LogP contribution in [0.15, 0.2) is 38.5 Å². The smallest absolute Gasteiger partial charge is 0.342 e. The fourth-order valence-electron chi connectivity index (χ4n) is 1.47. The van der Waals surface area contributed by atoms with E-state index in [0.29, 0.717) is 4.47 Å². The van der Waals surface area contributed by atoms with Gasteiger partial charge in [0.2, 0.25) is 0 Å². The number of nitrogens with zero attached hydrogens (tertiary/aromatic N) is 1. The van der Waals surface area contributed by atoms with Crippen molar-refractivity contribution in [3.63, 3.8) is 0 Å². The lowest BCUT2D eigenvalue weighted by Crippen LogP contribution is -2.32. The van der Waals surface area contributed by atoms with Gasteiger partial charge in [0, 0.05) is 10.7 Å². The molecule has 0 unspecified atom stereocenters. The van der Waals surface area contributed by atoms with Gasteiger partial charge < -0.3 is 5.11 Å². The van der Waals surface area contributed by atoms with Gasteiger partial charge in [-0.2, -0.15) is 0 Å². The average Bonchev–Trinajstić information content (AvgIpc) is 2.32. The predicted octanol–water partition coefficient (Wildman–Crippen LogP) is 1.64. The van der Waals surface area contributed by atoms with Gasteiger partial charge in [0.25, 0.3) is 5.56 Å². The van der Waals surface area contributed by atoms with Gasteiger partial charge in [-0.3, -0.25) is 14.3 Å². The maximum absolute atomic E-state index is 11.7. The van der Waals surface area contributed by atoms with Crippen LogP contribution in [0, 0.1) is 0 Å². The lowest BCUT2D eigenvalue weighted by Gasteiger charge is -2.08. The molecule has 19 heavy (non-hydrogen) atoms. The summed E-state index contributed by atoms with van der Waals surface area (Å²) in [6.45, 7) is 0. The normalized spacial score (nSPS) is 10.4. The molecule has 6 nitrogen and oxygen atoms in total. The highest BCUT2D eigenvalue weighted by atomic mass is 79.9. The lowest BCUT2D eigenvalue weighted by molar-refractivity contribution is 0.0694. The first-order valence-corrected chi connectivity index (χ1v) is 6.12. The topological polar surface area (TPSA) is 92.2 Å². The van der Waals surface area contributed by atoms with Crippen LogP contribution in [0.5, 0.6) is 0 Å². The molecule has 8 heteroatoms. The third-order valence-corrected chi connectivity index (χ3v) is 3.15. The predicted molar refractivity (Wildman–Crippen MR) is 72.3 cm³/mol. The fraction of sp³-hybridized carbons (Fsp3) is 0. The molecule has 0 amide bonds. The Labute approximate surface area is 119 Å². The van der Waals surface area contributed by atoms with Crippen molar-refractivity contribution >= 4 is 33.5 Å². The molecule has 0 aliphatic heterocycles. The molecule has 0 aliphatic rings. The van der Waals surface area contributed by atoms with Crippen LogP contribution in [0.25, 0.3) is 5.69 Å². The summed E-state index contributed by atoms with van der Waals surface area (Å²) in [5.74, 6) is -1.43. The molecule has 1 aromatic heterocycles. The van der Waals surface area contributed by atoms with Crippen LogP contribution in [-0.2, 0) is 0 Å². The second-order valence-electron chi connectivity index (χ2n) is 3.57. The van der Waals surface area contributed by atoms with Crippen molar-refractivity contribution in [2.45, 2.75) is 0 Å². The number of benzene rings is 1. The van der Waals surface area contributed by atoms with Gasteiger partial charge in [0.1, 0.15) is 5.56 Å². The molecule has 0 fully saturated rings. The number of carboxylic acids is 1. The highest BCUT2D eigenvalue weighted by Gasteiger charge is 2.14. The quantitative estimate of drug-likeness (QED) is 0.865. The number of aromatic amines is 1. The molecule has 0 saturated carbocycles. The summed E-state index contributed by atoms with van der Waals surface area (Å²) in [7, 11) is 0. The van der Waals surface area contributed by atoms with Crippen LogP contribution >= 0.6 is 27.5 Å². The highest BCUT2D eigenvalue weighted by Crippen LogP contribution is 2.23. The molecule has 1 heterocycles. The van der Waals surface area contributed by atoms with Crippen molar-refractivity contribution in [3.05, 3.63) is 60.3 Å². The zero-order valence-corrected chi connectivity index (χ0v) is 11.5. The van der Waals surface area contributed by atoms with Gasteiger partial charge in [0.05, 0.1) is 10.7 Å². The molecule has 1 aromatic carbocycles. The summed E-state index contributed by atoms with van der Waals surface area (Å²) in [5, 5.41) is 9.12. The number of rotatable bonds is 2. The van der Waals surface area contributed by atoms with E-state index in [1.807, 2.05) is 4.98 Å². The molecule has 0 saturated heterocycles. The van der Waals surface area contributed by atoms with E-state index in [0.717, 1.165) is 10.8 Å². The Bertz CT molecular complexity index is 781. The molecule has 0 aliphatic carbocycles. The van der Waals surface area contributed by atoms with E-state index in [2.05, 4.69) is 15.9 Å². The minimum Gasteiger partial charge on any atom is -0.477 e. The number of carboxylic acid groups (broad SMARTS) is 1. The van der Waals surface area contributed by atoms with Gasteiger partial charge in [-0.15, -0.1) is 0 Å². The molecule has 0 bridgehead atoms. The van der Waals surface area contributed by atoms with Crippen molar-refractivity contribution in [2.24, 2.45) is 0 Å². The van der Waals surface area contributed by atoms with Crippen molar-refractivity contribution in [1.82, 2.24) is 9.55 Å². The molecule has 98 valence electrons. The number of aromatic carboxylic acids is 1. The van der Waals surface area contributed by atoms with Crippen LogP contribution in [0.1, 0.15) is 10.4 Å². The van der Waals surface area contributed by atoms with Crippen LogP contribution in [-0.4, -0.2) is 20.6 Å². The minimum absolute atomic E-state index is 0.244. The Kier molecular flexibility index (Phi) is 3.59. The number of halogens is 2. The van der Waals surface area contributed by atoms with Gasteiger partial charge in [-0.25, -0.2) is 9.59 Å². The number of nitrogens with one attached hydrogen (secondary N) is 1. The summed E-state index contributed by atoms with van der Waals surface area (Å²) in [4.78, 5) is 35.9. The third-order valence-electron chi connectivity index (χ3n) is 2.34. The van der Waals surface area contributed by atoms with Crippen LogP contribution in [0.4, 0.5) is 0 Å². The maximum Gasteiger partial charge on any atom is 0.342 e. The Morgan fingerprint density at radius 3 is 2.68 bits per heavy atom. The van der Waals surface area contributed by atoms with Crippen LogP contribution in [0.2, 0.25) is 5.02 Å². The van der Waals surface area contributed by atoms with Gasteiger partial charge in [-0.1, -0.05) is 27.5 Å². The summed E-state index contributed by atoms with van der Waals surface area (Å²) in [6, 6.07) is 4.74. The summed E-state index contributed by atoms with van der Waals surface area (Å²) in [6.07, 6.45) is 0.942. The Hall–Kier alpha value is -1.86. The van der Waals surface area contributed by atoms with E-state index in [1.54, 1.807) is 12.1 Å². The molecule has 0 atom stereocenters. The molecule has 0 spiro atoms. The first kappa shape index (κ1) is 13.6. The van der Waals surface area contributed by atoms with E-state index >= 15 is 0 Å². The SMILES string of the molecule is O=C(O)c1cn(-c2cc(Br)ccc2Cl)c(=O)[nH]c1=O. The van der Waals surface area contributed by atoms with Gasteiger partial charge >= 0.3 is 11.7 Å². The Balaban J connectivity index is 2.79. The zero-order valence-electron chi connectivity index (χ0n) is 9.18. The minimum atomic E-state index is -1.43. The van der Waals surface area contributed by atoms with Crippen molar-refractivity contribution in [1.29, 1.82) is 0 Å². The monoisotopic (exact) mass is 344 g/mol. The number of H-pyrrole nitrogens is 1. The maximum atomic E-state index is 11.7. The first-order chi connectivity index (χ1) is 8.90. The third kappa shape index (κ3) is 2.61. The van der Waals surface area contributed by atoms with Gasteiger partial charge in [-0.05, 0) is 18.2 Å². The van der Waals surface area contributed by atoms with E-state index in [1.165, 1.54) is 6.07 Å². The molecular weight excluding hydrogens is 339 g/mol. The fourth-order valence-corrected chi connectivity index (χ4v) is 2.03. The summed E-state index contributed by atoms with van der Waals surface area (Å²) < 4.78 is 1.62. The van der Waals surface area contributed by atoms with E-state index < -0.39 is 22.8 Å². The molecule has 0 radical (unpaired) electrons. The molecule has 2 N–H and O–H groups in total.